The molecule has 48 valence electrons. The zero-order valence-electron chi connectivity index (χ0n) is 4.76. The average Bonchev–Trinajstić information content (AvgIpc) is 1.67. The SMILES string of the molecule is C=C(O)C(C)(O)CO. The van der Waals surface area contributed by atoms with Gasteiger partial charge in [-0.25, -0.2) is 0 Å². The van der Waals surface area contributed by atoms with Crippen LogP contribution in [0.2, 0.25) is 0 Å². The summed E-state index contributed by atoms with van der Waals surface area (Å²) in [6, 6.07) is 0. The van der Waals surface area contributed by atoms with Gasteiger partial charge in [0.15, 0.2) is 0 Å². The van der Waals surface area contributed by atoms with Gasteiger partial charge >= 0.3 is 0 Å². The van der Waals surface area contributed by atoms with Gasteiger partial charge in [0.1, 0.15) is 11.4 Å². The van der Waals surface area contributed by atoms with E-state index in [2.05, 4.69) is 6.58 Å². The lowest BCUT2D eigenvalue weighted by molar-refractivity contribution is 0.00170. The Hall–Kier alpha value is -0.540. The zero-order chi connectivity index (χ0) is 6.78. The topological polar surface area (TPSA) is 60.7 Å². The standard InChI is InChI=1S/C5H10O3/c1-4(7)5(2,8)3-6/h6-8H,1,3H2,2H3. The van der Waals surface area contributed by atoms with Crippen molar-refractivity contribution in [1.82, 2.24) is 0 Å². The summed E-state index contributed by atoms with van der Waals surface area (Å²) in [6.45, 7) is 3.80. The van der Waals surface area contributed by atoms with Crippen molar-refractivity contribution in [2.45, 2.75) is 12.5 Å². The zero-order valence-corrected chi connectivity index (χ0v) is 4.76. The van der Waals surface area contributed by atoms with Crippen LogP contribution >= 0.6 is 0 Å². The summed E-state index contributed by atoms with van der Waals surface area (Å²) in [5.41, 5.74) is -1.54. The van der Waals surface area contributed by atoms with E-state index in [1.807, 2.05) is 0 Å². The third kappa shape index (κ3) is 1.52. The van der Waals surface area contributed by atoms with Crippen LogP contribution in [-0.4, -0.2) is 27.5 Å². The predicted octanol–water partition coefficient (Wildman–Crippen LogP) is -0.199. The number of hydrogen-bond donors (Lipinski definition) is 3. The molecular weight excluding hydrogens is 108 g/mol. The van der Waals surface area contributed by atoms with Crippen LogP contribution in [0.5, 0.6) is 0 Å². The summed E-state index contributed by atoms with van der Waals surface area (Å²) in [4.78, 5) is 0. The molecule has 0 aromatic heterocycles. The van der Waals surface area contributed by atoms with Crippen LogP contribution in [0.25, 0.3) is 0 Å². The first kappa shape index (κ1) is 7.46. The van der Waals surface area contributed by atoms with Crippen molar-refractivity contribution in [3.63, 3.8) is 0 Å². The number of rotatable bonds is 2. The molecule has 0 spiro atoms. The maximum absolute atomic E-state index is 8.80. The van der Waals surface area contributed by atoms with Gasteiger partial charge in [-0.05, 0) is 6.92 Å². The molecule has 1 unspecified atom stereocenters. The molecule has 0 aliphatic heterocycles. The maximum atomic E-state index is 8.80. The lowest BCUT2D eigenvalue weighted by Crippen LogP contribution is -2.30. The largest absolute Gasteiger partial charge is 0.510 e. The molecule has 0 saturated heterocycles. The van der Waals surface area contributed by atoms with E-state index in [0.717, 1.165) is 0 Å². The first-order valence-electron chi connectivity index (χ1n) is 2.22. The molecule has 0 aromatic carbocycles. The third-order valence-electron chi connectivity index (χ3n) is 0.930. The summed E-state index contributed by atoms with van der Waals surface area (Å²) >= 11 is 0. The second kappa shape index (κ2) is 2.15. The van der Waals surface area contributed by atoms with E-state index >= 15 is 0 Å². The summed E-state index contributed by atoms with van der Waals surface area (Å²) in [5, 5.41) is 25.6. The molecular formula is C5H10O3. The Morgan fingerprint density at radius 3 is 2.12 bits per heavy atom. The quantitative estimate of drug-likeness (QED) is 0.440. The van der Waals surface area contributed by atoms with Crippen molar-refractivity contribution >= 4 is 0 Å². The van der Waals surface area contributed by atoms with E-state index in [1.165, 1.54) is 6.92 Å². The van der Waals surface area contributed by atoms with Gasteiger partial charge in [-0.15, -0.1) is 0 Å². The Balaban J connectivity index is 3.91. The summed E-state index contributed by atoms with van der Waals surface area (Å²) in [7, 11) is 0. The van der Waals surface area contributed by atoms with Crippen molar-refractivity contribution in [1.29, 1.82) is 0 Å². The Morgan fingerprint density at radius 2 is 2.12 bits per heavy atom. The molecule has 0 rings (SSSR count). The maximum Gasteiger partial charge on any atom is 0.141 e. The Morgan fingerprint density at radius 1 is 1.75 bits per heavy atom. The predicted molar refractivity (Wildman–Crippen MR) is 29.5 cm³/mol. The van der Waals surface area contributed by atoms with Crippen LogP contribution in [0.4, 0.5) is 0 Å². The highest BCUT2D eigenvalue weighted by Crippen LogP contribution is 2.08. The molecule has 0 saturated carbocycles. The van der Waals surface area contributed by atoms with E-state index < -0.39 is 18.0 Å². The molecule has 0 bridgehead atoms. The minimum absolute atomic E-state index is 0.417. The molecule has 0 aromatic rings. The van der Waals surface area contributed by atoms with Crippen LogP contribution in [0.15, 0.2) is 12.3 Å². The number of aliphatic hydroxyl groups excluding tert-OH is 2. The highest BCUT2D eigenvalue weighted by Gasteiger charge is 2.21. The van der Waals surface area contributed by atoms with Crippen molar-refractivity contribution in [2.75, 3.05) is 6.61 Å². The molecule has 3 heteroatoms. The van der Waals surface area contributed by atoms with Crippen LogP contribution < -0.4 is 0 Å². The lowest BCUT2D eigenvalue weighted by Gasteiger charge is -2.17. The van der Waals surface area contributed by atoms with Gasteiger partial charge in [0.05, 0.1) is 6.61 Å². The highest BCUT2D eigenvalue weighted by atomic mass is 16.4. The molecule has 0 radical (unpaired) electrons. The van der Waals surface area contributed by atoms with Gasteiger partial charge in [-0.1, -0.05) is 6.58 Å². The summed E-state index contributed by atoms with van der Waals surface area (Å²) in [6.07, 6.45) is 0. The van der Waals surface area contributed by atoms with Gasteiger partial charge in [0.2, 0.25) is 0 Å². The molecule has 0 aliphatic rings. The van der Waals surface area contributed by atoms with E-state index in [0.29, 0.717) is 0 Å². The van der Waals surface area contributed by atoms with Gasteiger partial charge < -0.3 is 15.3 Å². The van der Waals surface area contributed by atoms with Crippen molar-refractivity contribution in [2.24, 2.45) is 0 Å². The second-order valence-corrected chi connectivity index (χ2v) is 1.88. The van der Waals surface area contributed by atoms with Gasteiger partial charge in [0, 0.05) is 0 Å². The Kier molecular flexibility index (Phi) is 2.01. The van der Waals surface area contributed by atoms with E-state index in [-0.39, 0.29) is 0 Å². The van der Waals surface area contributed by atoms with Crippen LogP contribution in [-0.2, 0) is 0 Å². The van der Waals surface area contributed by atoms with Gasteiger partial charge in [-0.3, -0.25) is 0 Å². The first-order chi connectivity index (χ1) is 3.50. The fourth-order valence-corrected chi connectivity index (χ4v) is 0.0913. The van der Waals surface area contributed by atoms with E-state index in [1.54, 1.807) is 0 Å². The molecule has 8 heavy (non-hydrogen) atoms. The van der Waals surface area contributed by atoms with Crippen molar-refractivity contribution < 1.29 is 15.3 Å². The highest BCUT2D eigenvalue weighted by molar-refractivity contribution is 4.99. The normalized spacial score (nSPS) is 17.4. The molecule has 3 nitrogen and oxygen atoms in total. The molecule has 1 atom stereocenters. The minimum atomic E-state index is -1.54. The Labute approximate surface area is 47.9 Å². The number of aliphatic hydroxyl groups is 3. The number of hydrogen-bond acceptors (Lipinski definition) is 3. The molecule has 0 aliphatic carbocycles. The van der Waals surface area contributed by atoms with E-state index in [4.69, 9.17) is 15.3 Å². The monoisotopic (exact) mass is 118 g/mol. The average molecular weight is 118 g/mol. The summed E-state index contributed by atoms with van der Waals surface area (Å²) in [5.74, 6) is -0.417. The molecule has 0 fully saturated rings. The van der Waals surface area contributed by atoms with E-state index in [9.17, 15) is 0 Å². The third-order valence-corrected chi connectivity index (χ3v) is 0.930. The van der Waals surface area contributed by atoms with Gasteiger partial charge in [-0.2, -0.15) is 0 Å². The lowest BCUT2D eigenvalue weighted by atomic mass is 10.1. The minimum Gasteiger partial charge on any atom is -0.510 e. The van der Waals surface area contributed by atoms with Gasteiger partial charge in [0.25, 0.3) is 0 Å². The van der Waals surface area contributed by atoms with Crippen molar-refractivity contribution in [3.8, 4) is 0 Å². The first-order valence-corrected chi connectivity index (χ1v) is 2.22. The summed E-state index contributed by atoms with van der Waals surface area (Å²) < 4.78 is 0. The van der Waals surface area contributed by atoms with Crippen LogP contribution in [0.3, 0.4) is 0 Å². The molecule has 3 N–H and O–H groups in total. The smallest absolute Gasteiger partial charge is 0.141 e. The second-order valence-electron chi connectivity index (χ2n) is 1.88. The molecule has 0 heterocycles. The van der Waals surface area contributed by atoms with Crippen LogP contribution in [0.1, 0.15) is 6.92 Å². The fraction of sp³-hybridized carbons (Fsp3) is 0.600. The Bertz CT molecular complexity index is 95.8. The van der Waals surface area contributed by atoms with Crippen molar-refractivity contribution in [3.05, 3.63) is 12.3 Å². The molecule has 0 amide bonds. The fourth-order valence-electron chi connectivity index (χ4n) is 0.0913. The van der Waals surface area contributed by atoms with Crippen LogP contribution in [0, 0.1) is 0 Å².